The summed E-state index contributed by atoms with van der Waals surface area (Å²) in [5.74, 6) is -1.84. The van der Waals surface area contributed by atoms with E-state index >= 15 is 0 Å². The first-order chi connectivity index (χ1) is 15.8. The van der Waals surface area contributed by atoms with Crippen LogP contribution in [-0.2, 0) is 0 Å². The third-order valence-corrected chi connectivity index (χ3v) is 6.32. The lowest BCUT2D eigenvalue weighted by Crippen LogP contribution is -2.44. The van der Waals surface area contributed by atoms with Crippen molar-refractivity contribution in [2.45, 2.75) is 23.9 Å². The van der Waals surface area contributed by atoms with Gasteiger partial charge in [0.2, 0.25) is 0 Å². The van der Waals surface area contributed by atoms with Crippen LogP contribution in [0.25, 0.3) is 22.3 Å². The first-order valence-corrected chi connectivity index (χ1v) is 11.9. The number of benzene rings is 1. The predicted molar refractivity (Wildman–Crippen MR) is 123 cm³/mol. The molecular formula is C22H22ClF2N5O2S. The molecule has 1 N–H and O–H groups in total. The maximum Gasteiger partial charge on any atom is 0.260 e. The molecule has 7 nitrogen and oxygen atoms in total. The van der Waals surface area contributed by atoms with Crippen molar-refractivity contribution in [1.82, 2.24) is 19.9 Å². The molecule has 4 rings (SSSR count). The fourth-order valence-electron chi connectivity index (χ4n) is 3.90. The van der Waals surface area contributed by atoms with Crippen LogP contribution in [0.2, 0.25) is 5.02 Å². The van der Waals surface area contributed by atoms with Gasteiger partial charge in [-0.15, -0.1) is 0 Å². The molecule has 1 saturated heterocycles. The molecule has 0 amide bonds. The Bertz CT molecular complexity index is 1210. The predicted octanol–water partition coefficient (Wildman–Crippen LogP) is 4.99. The standard InChI is InChI=1S/C22H22ClF2N5O2S/c1-31-16-9-15(23)14(8-17(16)32-7-6-30-5-3-4-22(24,25)12-30)19-18-13(10-26)11-27-20(18)29-21(28-19)33-2/h8-9,11H,3-7,12H2,1-2H3,(H,27,28,29). The molecule has 1 fully saturated rings. The Balaban J connectivity index is 1.66. The minimum absolute atomic E-state index is 0.0754. The van der Waals surface area contributed by atoms with Gasteiger partial charge in [0.15, 0.2) is 16.7 Å². The van der Waals surface area contributed by atoms with Gasteiger partial charge in [-0.3, -0.25) is 4.90 Å². The van der Waals surface area contributed by atoms with Crippen LogP contribution in [0, 0.1) is 11.3 Å². The Hall–Kier alpha value is -2.61. The largest absolute Gasteiger partial charge is 0.493 e. The first-order valence-electron chi connectivity index (χ1n) is 10.3. The molecule has 0 bridgehead atoms. The topological polar surface area (TPSA) is 87.1 Å². The van der Waals surface area contributed by atoms with Gasteiger partial charge in [0.05, 0.1) is 35.3 Å². The summed E-state index contributed by atoms with van der Waals surface area (Å²) in [7, 11) is 1.50. The molecule has 0 saturated carbocycles. The second-order valence-corrected chi connectivity index (χ2v) is 8.84. The number of hydrogen-bond donors (Lipinski definition) is 1. The van der Waals surface area contributed by atoms with Crippen LogP contribution in [0.15, 0.2) is 23.5 Å². The lowest BCUT2D eigenvalue weighted by Gasteiger charge is -2.32. The third kappa shape index (κ3) is 5.00. The van der Waals surface area contributed by atoms with Gasteiger partial charge in [-0.2, -0.15) is 5.26 Å². The number of halogens is 3. The summed E-state index contributed by atoms with van der Waals surface area (Å²) in [6.07, 6.45) is 3.82. The normalized spacial score (nSPS) is 16.0. The van der Waals surface area contributed by atoms with Crippen LogP contribution >= 0.6 is 23.4 Å². The molecule has 0 unspecified atom stereocenters. The highest BCUT2D eigenvalue weighted by atomic mass is 35.5. The molecule has 3 heterocycles. The number of nitrogens with one attached hydrogen (secondary N) is 1. The zero-order valence-electron chi connectivity index (χ0n) is 18.1. The molecule has 3 aromatic rings. The molecule has 2 aromatic heterocycles. The highest BCUT2D eigenvalue weighted by Crippen LogP contribution is 2.41. The van der Waals surface area contributed by atoms with E-state index in [4.69, 9.17) is 21.1 Å². The number of alkyl halides is 2. The van der Waals surface area contributed by atoms with Crippen molar-refractivity contribution in [3.63, 3.8) is 0 Å². The highest BCUT2D eigenvalue weighted by Gasteiger charge is 2.34. The lowest BCUT2D eigenvalue weighted by atomic mass is 10.1. The quantitative estimate of drug-likeness (QED) is 0.366. The molecule has 11 heteroatoms. The summed E-state index contributed by atoms with van der Waals surface area (Å²) >= 11 is 7.94. The van der Waals surface area contributed by atoms with Gasteiger partial charge in [0.1, 0.15) is 18.3 Å². The Kier molecular flexibility index (Phi) is 6.93. The van der Waals surface area contributed by atoms with E-state index < -0.39 is 5.92 Å². The number of likely N-dealkylation sites (tertiary alicyclic amines) is 1. The maximum atomic E-state index is 13.7. The zero-order chi connectivity index (χ0) is 23.6. The van der Waals surface area contributed by atoms with E-state index in [1.54, 1.807) is 23.2 Å². The maximum absolute atomic E-state index is 13.7. The van der Waals surface area contributed by atoms with E-state index in [0.717, 1.165) is 0 Å². The smallest absolute Gasteiger partial charge is 0.260 e. The van der Waals surface area contributed by atoms with Gasteiger partial charge in [-0.1, -0.05) is 23.4 Å². The number of aromatic nitrogens is 3. The molecular weight excluding hydrogens is 472 g/mol. The zero-order valence-corrected chi connectivity index (χ0v) is 19.7. The number of thioether (sulfide) groups is 1. The Morgan fingerprint density at radius 1 is 1.33 bits per heavy atom. The van der Waals surface area contributed by atoms with Crippen LogP contribution in [0.4, 0.5) is 8.78 Å². The van der Waals surface area contributed by atoms with Gasteiger partial charge < -0.3 is 14.5 Å². The summed E-state index contributed by atoms with van der Waals surface area (Å²) in [5.41, 5.74) is 1.97. The molecule has 0 atom stereocenters. The number of fused-ring (bicyclic) bond motifs is 1. The molecule has 1 aliphatic rings. The molecule has 1 aromatic carbocycles. The second-order valence-electron chi connectivity index (χ2n) is 7.66. The monoisotopic (exact) mass is 493 g/mol. The van der Waals surface area contributed by atoms with Crippen molar-refractivity contribution in [3.05, 3.63) is 28.9 Å². The van der Waals surface area contributed by atoms with E-state index in [0.29, 0.717) is 69.0 Å². The van der Waals surface area contributed by atoms with Gasteiger partial charge in [-0.25, -0.2) is 18.7 Å². The van der Waals surface area contributed by atoms with E-state index in [1.165, 1.54) is 18.9 Å². The first kappa shape index (κ1) is 23.5. The molecule has 0 radical (unpaired) electrons. The summed E-state index contributed by atoms with van der Waals surface area (Å²) in [6, 6.07) is 5.47. The van der Waals surface area contributed by atoms with E-state index in [-0.39, 0.29) is 19.6 Å². The number of methoxy groups -OCH3 is 1. The average Bonchev–Trinajstić information content (AvgIpc) is 3.21. The second kappa shape index (κ2) is 9.71. The Morgan fingerprint density at radius 3 is 2.85 bits per heavy atom. The number of aromatic amines is 1. The number of ether oxygens (including phenoxy) is 2. The van der Waals surface area contributed by atoms with Crippen molar-refractivity contribution in [2.24, 2.45) is 0 Å². The summed E-state index contributed by atoms with van der Waals surface area (Å²) in [6.45, 7) is 0.917. The molecule has 33 heavy (non-hydrogen) atoms. The van der Waals surface area contributed by atoms with Gasteiger partial charge in [0.25, 0.3) is 5.92 Å². The van der Waals surface area contributed by atoms with Crippen molar-refractivity contribution in [1.29, 1.82) is 5.26 Å². The van der Waals surface area contributed by atoms with E-state index in [2.05, 4.69) is 21.0 Å². The summed E-state index contributed by atoms with van der Waals surface area (Å²) in [4.78, 5) is 13.7. The van der Waals surface area contributed by atoms with Gasteiger partial charge in [-0.05, 0) is 25.3 Å². The van der Waals surface area contributed by atoms with Crippen molar-refractivity contribution in [2.75, 3.05) is 39.6 Å². The van der Waals surface area contributed by atoms with Crippen molar-refractivity contribution in [3.8, 4) is 28.8 Å². The highest BCUT2D eigenvalue weighted by molar-refractivity contribution is 7.98. The van der Waals surface area contributed by atoms with Crippen LogP contribution in [0.1, 0.15) is 18.4 Å². The fourth-order valence-corrected chi connectivity index (χ4v) is 4.51. The van der Waals surface area contributed by atoms with Crippen LogP contribution in [0.3, 0.4) is 0 Å². The minimum atomic E-state index is -2.66. The van der Waals surface area contributed by atoms with Crippen LogP contribution in [0.5, 0.6) is 11.5 Å². The van der Waals surface area contributed by atoms with E-state index in [1.807, 2.05) is 6.26 Å². The summed E-state index contributed by atoms with van der Waals surface area (Å²) < 4.78 is 38.7. The third-order valence-electron chi connectivity index (χ3n) is 5.46. The Labute approximate surface area is 199 Å². The van der Waals surface area contributed by atoms with Crippen LogP contribution < -0.4 is 9.47 Å². The Morgan fingerprint density at radius 2 is 2.15 bits per heavy atom. The number of nitriles is 1. The lowest BCUT2D eigenvalue weighted by molar-refractivity contribution is -0.0656. The summed E-state index contributed by atoms with van der Waals surface area (Å²) in [5, 5.41) is 11.0. The van der Waals surface area contributed by atoms with E-state index in [9.17, 15) is 14.0 Å². The molecule has 174 valence electrons. The number of H-pyrrole nitrogens is 1. The minimum Gasteiger partial charge on any atom is -0.493 e. The molecule has 1 aliphatic heterocycles. The number of nitrogens with zero attached hydrogens (tertiary/aromatic N) is 4. The fraction of sp³-hybridized carbons (Fsp3) is 0.409. The molecule has 0 spiro atoms. The van der Waals surface area contributed by atoms with Crippen LogP contribution in [-0.4, -0.2) is 65.4 Å². The number of rotatable bonds is 7. The van der Waals surface area contributed by atoms with Crippen molar-refractivity contribution >= 4 is 34.4 Å². The average molecular weight is 494 g/mol. The number of hydrogen-bond acceptors (Lipinski definition) is 7. The number of piperidine rings is 1. The SMILES string of the molecule is COc1cc(Cl)c(-c2nc(SC)nc3[nH]cc(C#N)c23)cc1OCCN1CCCC(F)(F)C1. The molecule has 0 aliphatic carbocycles. The van der Waals surface area contributed by atoms with Crippen molar-refractivity contribution < 1.29 is 18.3 Å². The van der Waals surface area contributed by atoms with Gasteiger partial charge in [0, 0.05) is 30.8 Å². The van der Waals surface area contributed by atoms with Gasteiger partial charge >= 0.3 is 0 Å².